The maximum absolute atomic E-state index is 13.5. The van der Waals surface area contributed by atoms with Crippen LogP contribution in [0, 0.1) is 5.92 Å². The van der Waals surface area contributed by atoms with Crippen molar-refractivity contribution < 1.29 is 27.5 Å². The van der Waals surface area contributed by atoms with E-state index in [0.717, 1.165) is 43.8 Å². The predicted octanol–water partition coefficient (Wildman–Crippen LogP) is 0.302. The molecule has 1 saturated carbocycles. The van der Waals surface area contributed by atoms with E-state index in [2.05, 4.69) is 20.8 Å². The van der Waals surface area contributed by atoms with E-state index >= 15 is 0 Å². The minimum atomic E-state index is -4.57. The predicted molar refractivity (Wildman–Crippen MR) is 135 cm³/mol. The summed E-state index contributed by atoms with van der Waals surface area (Å²) >= 11 is 0. The number of hydrazone groups is 1. The minimum absolute atomic E-state index is 0.117. The molecule has 3 rings (SSSR count). The summed E-state index contributed by atoms with van der Waals surface area (Å²) in [6.45, 7) is 4.18. The van der Waals surface area contributed by atoms with E-state index in [1.54, 1.807) is 14.0 Å². The third kappa shape index (κ3) is 6.84. The van der Waals surface area contributed by atoms with Crippen LogP contribution in [-0.4, -0.2) is 93.3 Å². The lowest BCUT2D eigenvalue weighted by Gasteiger charge is -2.35. The number of rotatable bonds is 9. The van der Waals surface area contributed by atoms with Crippen molar-refractivity contribution in [2.24, 2.45) is 21.2 Å². The van der Waals surface area contributed by atoms with Crippen molar-refractivity contribution >= 4 is 27.4 Å². The van der Waals surface area contributed by atoms with Crippen LogP contribution in [0.2, 0.25) is 0 Å². The molecule has 1 heterocycles. The van der Waals surface area contributed by atoms with Crippen LogP contribution in [0.1, 0.15) is 58.3 Å². The zero-order valence-corrected chi connectivity index (χ0v) is 22.6. The molecule has 2 N–H and O–H groups in total. The topological polar surface area (TPSA) is 148 Å². The molecule has 0 spiro atoms. The zero-order valence-electron chi connectivity index (χ0n) is 21.8. The van der Waals surface area contributed by atoms with Crippen molar-refractivity contribution in [2.75, 3.05) is 40.8 Å². The molecule has 0 amide bonds. The first-order chi connectivity index (χ1) is 17.0. The van der Waals surface area contributed by atoms with Crippen LogP contribution in [0.3, 0.4) is 0 Å². The molecule has 0 aromatic carbocycles. The minimum Gasteiger partial charge on any atom is -0.748 e. The van der Waals surface area contributed by atoms with Gasteiger partial charge in [0.05, 0.1) is 46.5 Å². The van der Waals surface area contributed by atoms with Crippen LogP contribution >= 0.6 is 0 Å². The van der Waals surface area contributed by atoms with Crippen molar-refractivity contribution in [3.05, 3.63) is 11.3 Å². The third-order valence-electron chi connectivity index (χ3n) is 7.50. The standard InChI is InChI=1S/C24H40N6O5S/c1-16-21(28-27-19-15-17(26-25-2)10-11-20(19)36(33,34)35)23(31)18(9-8-12-29(3)4)24(32)22(16)30-13-6-5-7-14-30/h17-20,27H,5-15H2,1-4H3,(H,33,34,35). The van der Waals surface area contributed by atoms with Gasteiger partial charge < -0.3 is 14.9 Å². The second-order valence-electron chi connectivity index (χ2n) is 10.4. The Kier molecular flexibility index (Phi) is 9.90. The van der Waals surface area contributed by atoms with Gasteiger partial charge in [0.1, 0.15) is 5.71 Å². The van der Waals surface area contributed by atoms with Crippen molar-refractivity contribution in [1.29, 1.82) is 0 Å². The van der Waals surface area contributed by atoms with Gasteiger partial charge in [-0.05, 0) is 78.9 Å². The number of piperidine rings is 1. The Hall–Kier alpha value is -2.02. The summed E-state index contributed by atoms with van der Waals surface area (Å²) in [5, 5.41) is 11.2. The molecule has 36 heavy (non-hydrogen) atoms. The fourth-order valence-corrected chi connectivity index (χ4v) is 6.64. The summed E-state index contributed by atoms with van der Waals surface area (Å²) in [7, 11) is 0.871. The molecular weight excluding hydrogens is 484 g/mol. The molecule has 11 nitrogen and oxygen atoms in total. The average Bonchev–Trinajstić information content (AvgIpc) is 2.81. The van der Waals surface area contributed by atoms with E-state index in [0.29, 0.717) is 30.5 Å². The summed E-state index contributed by atoms with van der Waals surface area (Å²) in [6, 6.07) is -1.02. The smallest absolute Gasteiger partial charge is 0.227 e. The first-order valence-electron chi connectivity index (χ1n) is 12.9. The summed E-state index contributed by atoms with van der Waals surface area (Å²) in [6.07, 6.45) is 5.15. The Bertz CT molecular complexity index is 1020. The van der Waals surface area contributed by atoms with Gasteiger partial charge in [0.15, 0.2) is 11.5 Å². The normalized spacial score (nSPS) is 30.1. The lowest BCUT2D eigenvalue weighted by Crippen LogP contribution is -3.12. The van der Waals surface area contributed by atoms with E-state index in [4.69, 9.17) is 0 Å². The first kappa shape index (κ1) is 28.5. The highest BCUT2D eigenvalue weighted by Crippen LogP contribution is 2.28. The quantitative estimate of drug-likeness (QED) is 0.191. The second-order valence-corrected chi connectivity index (χ2v) is 12.0. The van der Waals surface area contributed by atoms with Crippen LogP contribution in [0.15, 0.2) is 26.6 Å². The third-order valence-corrected chi connectivity index (χ3v) is 8.81. The molecule has 0 radical (unpaired) electrons. The number of azo groups is 1. The van der Waals surface area contributed by atoms with E-state index < -0.39 is 27.3 Å². The molecule has 0 aromatic heterocycles. The monoisotopic (exact) mass is 524 g/mol. The molecule has 0 bridgehead atoms. The Morgan fingerprint density at radius 2 is 1.81 bits per heavy atom. The number of carbonyl (C=O) groups excluding carboxylic acids is 2. The van der Waals surface area contributed by atoms with Gasteiger partial charge in [-0.1, -0.05) is 0 Å². The number of hydrogen-bond donors (Lipinski definition) is 2. The van der Waals surface area contributed by atoms with Crippen LogP contribution in [0.4, 0.5) is 0 Å². The van der Waals surface area contributed by atoms with Crippen molar-refractivity contribution in [3.63, 3.8) is 0 Å². The number of Topliss-reactive ketones (excluding diaryl/α,β-unsaturated/α-hetero) is 2. The highest BCUT2D eigenvalue weighted by molar-refractivity contribution is 7.86. The van der Waals surface area contributed by atoms with Crippen LogP contribution in [0.25, 0.3) is 0 Å². The Morgan fingerprint density at radius 3 is 2.42 bits per heavy atom. The van der Waals surface area contributed by atoms with Crippen LogP contribution < -0.4 is 10.3 Å². The van der Waals surface area contributed by atoms with Gasteiger partial charge in [-0.3, -0.25) is 14.5 Å². The maximum Gasteiger partial charge on any atom is 0.227 e. The van der Waals surface area contributed by atoms with Crippen molar-refractivity contribution in [1.82, 2.24) is 10.3 Å². The maximum atomic E-state index is 13.5. The Balaban J connectivity index is 1.94. The molecular formula is C24H40N6O5S. The molecule has 2 aliphatic carbocycles. The molecule has 12 heteroatoms. The van der Waals surface area contributed by atoms with Gasteiger partial charge in [-0.15, -0.1) is 0 Å². The summed E-state index contributed by atoms with van der Waals surface area (Å²) in [4.78, 5) is 30.1. The van der Waals surface area contributed by atoms with Crippen LogP contribution in [-0.2, 0) is 19.7 Å². The van der Waals surface area contributed by atoms with E-state index in [1.165, 1.54) is 0 Å². The molecule has 0 aromatic rings. The number of nitrogens with zero attached hydrogens (tertiary/aromatic N) is 4. The lowest BCUT2D eigenvalue weighted by atomic mass is 9.80. The van der Waals surface area contributed by atoms with Crippen molar-refractivity contribution in [2.45, 2.75) is 75.6 Å². The molecule has 4 unspecified atom stereocenters. The van der Waals surface area contributed by atoms with Gasteiger partial charge in [0, 0.05) is 12.6 Å². The number of quaternary nitrogens is 1. The number of ketones is 2. The number of likely N-dealkylation sites (tertiary alicyclic amines) is 1. The summed E-state index contributed by atoms with van der Waals surface area (Å²) in [5.74, 6) is -1.26. The van der Waals surface area contributed by atoms with Gasteiger partial charge >= 0.3 is 0 Å². The average molecular weight is 525 g/mol. The second kappa shape index (κ2) is 12.5. The molecule has 1 saturated heterocycles. The van der Waals surface area contributed by atoms with Gasteiger partial charge in [0.2, 0.25) is 5.78 Å². The fourth-order valence-electron chi connectivity index (χ4n) is 5.64. The van der Waals surface area contributed by atoms with Crippen molar-refractivity contribution in [3.8, 4) is 0 Å². The Morgan fingerprint density at radius 1 is 1.11 bits per heavy atom. The van der Waals surface area contributed by atoms with E-state index in [-0.39, 0.29) is 36.2 Å². The Labute approximate surface area is 214 Å². The number of nitrogens with one attached hydrogen (secondary N) is 2. The molecule has 202 valence electrons. The number of hydrogen-bond acceptors (Lipinski definition) is 10. The highest BCUT2D eigenvalue weighted by atomic mass is 32.2. The van der Waals surface area contributed by atoms with Gasteiger partial charge in [-0.2, -0.15) is 15.3 Å². The largest absolute Gasteiger partial charge is 0.748 e. The van der Waals surface area contributed by atoms with E-state index in [9.17, 15) is 22.6 Å². The first-order valence-corrected chi connectivity index (χ1v) is 14.4. The molecule has 2 fully saturated rings. The summed E-state index contributed by atoms with van der Waals surface area (Å²) in [5.41, 5.74) is 4.19. The summed E-state index contributed by atoms with van der Waals surface area (Å²) < 4.78 is 35.8. The SMILES string of the molecule is CN=NC1CCC(S(=O)(=O)[O-])C(NN=C2C(=O)C(CCCN(C)C)C(=O)C([NH+]3CCCCC3)=C2C)C1. The molecule has 1 aliphatic heterocycles. The van der Waals surface area contributed by atoms with Crippen LogP contribution in [0.5, 0.6) is 0 Å². The fraction of sp³-hybridized carbons (Fsp3) is 0.792. The molecule has 3 aliphatic rings. The molecule has 4 atom stereocenters. The van der Waals surface area contributed by atoms with Gasteiger partial charge in [0.25, 0.3) is 0 Å². The lowest BCUT2D eigenvalue weighted by molar-refractivity contribution is -0.861. The van der Waals surface area contributed by atoms with E-state index in [1.807, 2.05) is 19.0 Å². The highest BCUT2D eigenvalue weighted by Gasteiger charge is 2.44. The number of carbonyl (C=O) groups is 2. The van der Waals surface area contributed by atoms with Gasteiger partial charge in [-0.25, -0.2) is 8.42 Å². The zero-order chi connectivity index (χ0) is 26.5. The number of allylic oxidation sites excluding steroid dienone is 2.